The zero-order valence-electron chi connectivity index (χ0n) is 13.9. The highest BCUT2D eigenvalue weighted by atomic mass is 32.3. The van der Waals surface area contributed by atoms with Gasteiger partial charge >= 0.3 is 22.5 Å². The summed E-state index contributed by atoms with van der Waals surface area (Å²) in [5.74, 6) is -0.909. The highest BCUT2D eigenvalue weighted by Gasteiger charge is 2.57. The molecule has 0 radical (unpaired) electrons. The molecule has 1 aromatic rings. The largest absolute Gasteiger partial charge is 0.467 e. The predicted octanol–water partition coefficient (Wildman–Crippen LogP) is 0.529. The summed E-state index contributed by atoms with van der Waals surface area (Å²) in [7, 11) is -3.21. The predicted molar refractivity (Wildman–Crippen MR) is 83.5 cm³/mol. The fourth-order valence-corrected chi connectivity index (χ4v) is 3.75. The number of hydrogen-bond donors (Lipinski definition) is 0. The van der Waals surface area contributed by atoms with Crippen LogP contribution in [0.4, 0.5) is 4.79 Å². The number of nitrogens with zero attached hydrogens (tertiary/aromatic N) is 1. The van der Waals surface area contributed by atoms with Crippen LogP contribution in [-0.2, 0) is 44.5 Å². The van der Waals surface area contributed by atoms with E-state index in [2.05, 4.69) is 4.74 Å². The van der Waals surface area contributed by atoms with Crippen molar-refractivity contribution in [3.05, 3.63) is 35.9 Å². The van der Waals surface area contributed by atoms with Gasteiger partial charge in [-0.15, -0.1) is 0 Å². The van der Waals surface area contributed by atoms with Crippen molar-refractivity contribution in [1.82, 2.24) is 5.06 Å². The van der Waals surface area contributed by atoms with Crippen LogP contribution in [-0.4, -0.2) is 57.0 Å². The second-order valence-corrected chi connectivity index (χ2v) is 6.89. The van der Waals surface area contributed by atoms with E-state index in [1.807, 2.05) is 6.07 Å². The number of amides is 1. The third-order valence-corrected chi connectivity index (χ3v) is 4.89. The molecule has 0 aliphatic carbocycles. The van der Waals surface area contributed by atoms with E-state index in [1.54, 1.807) is 24.3 Å². The number of hydrogen-bond acceptors (Lipinski definition) is 9. The van der Waals surface area contributed by atoms with E-state index in [0.29, 0.717) is 0 Å². The molecule has 2 heterocycles. The number of ether oxygens (including phenoxy) is 2. The minimum Gasteiger partial charge on any atom is -0.467 e. The summed E-state index contributed by atoms with van der Waals surface area (Å²) < 4.78 is 42.6. The number of benzene rings is 1. The molecule has 0 spiro atoms. The van der Waals surface area contributed by atoms with Crippen LogP contribution in [0, 0.1) is 0 Å². The molecule has 0 unspecified atom stereocenters. The molecule has 1 amide bonds. The van der Waals surface area contributed by atoms with Gasteiger partial charge in [0.2, 0.25) is 6.10 Å². The van der Waals surface area contributed by atoms with Gasteiger partial charge in [-0.3, -0.25) is 0 Å². The van der Waals surface area contributed by atoms with Gasteiger partial charge in [-0.25, -0.2) is 22.8 Å². The zero-order valence-corrected chi connectivity index (χ0v) is 14.7. The highest BCUT2D eigenvalue weighted by molar-refractivity contribution is 7.82. The lowest BCUT2D eigenvalue weighted by molar-refractivity contribution is -0.262. The molecule has 142 valence electrons. The van der Waals surface area contributed by atoms with Crippen molar-refractivity contribution in [3.8, 4) is 0 Å². The Kier molecular flexibility index (Phi) is 5.14. The van der Waals surface area contributed by atoms with Gasteiger partial charge in [-0.2, -0.15) is 13.5 Å². The molecule has 10 nitrogen and oxygen atoms in total. The van der Waals surface area contributed by atoms with Gasteiger partial charge in [-0.05, 0) is 12.5 Å². The monoisotopic (exact) mass is 387 g/mol. The van der Waals surface area contributed by atoms with Crippen LogP contribution in [0.15, 0.2) is 30.3 Å². The lowest BCUT2D eigenvalue weighted by Gasteiger charge is -2.39. The van der Waals surface area contributed by atoms with Gasteiger partial charge in [0, 0.05) is 0 Å². The minimum absolute atomic E-state index is 0.0289. The van der Waals surface area contributed by atoms with Crippen LogP contribution < -0.4 is 0 Å². The molecule has 0 saturated carbocycles. The quantitative estimate of drug-likeness (QED) is 0.684. The number of fused-ring (bicyclic) bond motifs is 1. The summed E-state index contributed by atoms with van der Waals surface area (Å²) in [4.78, 5) is 29.6. The third-order valence-electron chi connectivity index (χ3n) is 3.97. The highest BCUT2D eigenvalue weighted by Crippen LogP contribution is 2.34. The Hall–Kier alpha value is -2.21. The average molecular weight is 387 g/mol. The van der Waals surface area contributed by atoms with E-state index in [9.17, 15) is 18.0 Å². The first-order valence-electron chi connectivity index (χ1n) is 7.68. The van der Waals surface area contributed by atoms with Crippen molar-refractivity contribution < 1.29 is 40.7 Å². The fourth-order valence-electron chi connectivity index (χ4n) is 2.68. The van der Waals surface area contributed by atoms with Crippen LogP contribution >= 0.6 is 0 Å². The van der Waals surface area contributed by atoms with Crippen molar-refractivity contribution >= 4 is 22.5 Å². The van der Waals surface area contributed by atoms with Crippen molar-refractivity contribution in [2.24, 2.45) is 0 Å². The Morgan fingerprint density at radius 1 is 1.15 bits per heavy atom. The SMILES string of the molecule is COC(=O)[C@@H]1ON(C(=O)OCc2ccccc2)[C@H](C)[C@H]2OS(=O)(=O)O[C@H]21. The summed E-state index contributed by atoms with van der Waals surface area (Å²) in [5, 5.41) is 0.760. The topological polar surface area (TPSA) is 118 Å². The molecule has 2 fully saturated rings. The summed E-state index contributed by atoms with van der Waals surface area (Å²) in [5.41, 5.74) is 0.746. The maximum absolute atomic E-state index is 12.4. The first-order valence-corrected chi connectivity index (χ1v) is 9.02. The summed E-state index contributed by atoms with van der Waals surface area (Å²) in [6.07, 6.45) is -4.80. The van der Waals surface area contributed by atoms with E-state index < -0.39 is 46.8 Å². The lowest BCUT2D eigenvalue weighted by atomic mass is 10.0. The summed E-state index contributed by atoms with van der Waals surface area (Å²) in [6, 6.07) is 8.04. The number of rotatable bonds is 3. The molecular formula is C15H17NO9S. The maximum atomic E-state index is 12.4. The molecule has 0 N–H and O–H groups in total. The van der Waals surface area contributed by atoms with Crippen LogP contribution in [0.1, 0.15) is 12.5 Å². The molecule has 4 atom stereocenters. The van der Waals surface area contributed by atoms with Crippen molar-refractivity contribution in [3.63, 3.8) is 0 Å². The lowest BCUT2D eigenvalue weighted by Crippen LogP contribution is -2.61. The molecule has 0 aromatic heterocycles. The molecule has 26 heavy (non-hydrogen) atoms. The van der Waals surface area contributed by atoms with Crippen molar-refractivity contribution in [2.75, 3.05) is 7.11 Å². The van der Waals surface area contributed by atoms with E-state index in [0.717, 1.165) is 17.7 Å². The zero-order chi connectivity index (χ0) is 18.9. The van der Waals surface area contributed by atoms with Gasteiger partial charge in [0.15, 0.2) is 0 Å². The second kappa shape index (κ2) is 7.19. The van der Waals surface area contributed by atoms with Gasteiger partial charge in [0.25, 0.3) is 0 Å². The minimum atomic E-state index is -4.31. The Balaban J connectivity index is 1.76. The van der Waals surface area contributed by atoms with E-state index in [-0.39, 0.29) is 6.61 Å². The standard InChI is InChI=1S/C15H17NO9S/c1-9-11-12(25-26(19,20)24-11)13(14(17)21-2)23-16(9)15(18)22-8-10-6-4-3-5-7-10/h3-7,9,11-13H,8H2,1-2H3/t9-,11-,12-,13-/m1/s1. The van der Waals surface area contributed by atoms with Crippen LogP contribution in [0.5, 0.6) is 0 Å². The van der Waals surface area contributed by atoms with Gasteiger partial charge in [0.1, 0.15) is 18.8 Å². The maximum Gasteiger partial charge on any atom is 0.434 e. The molecule has 2 aliphatic rings. The average Bonchev–Trinajstić information content (AvgIpc) is 2.96. The van der Waals surface area contributed by atoms with Gasteiger partial charge in [0.05, 0.1) is 13.2 Å². The Bertz CT molecular complexity index is 782. The molecule has 11 heteroatoms. The first kappa shape index (κ1) is 18.6. The van der Waals surface area contributed by atoms with Gasteiger partial charge < -0.3 is 9.47 Å². The van der Waals surface area contributed by atoms with Gasteiger partial charge in [-0.1, -0.05) is 30.3 Å². The number of carbonyl (C=O) groups excluding carboxylic acids is 2. The van der Waals surface area contributed by atoms with Crippen molar-refractivity contribution in [1.29, 1.82) is 0 Å². The van der Waals surface area contributed by atoms with E-state index in [4.69, 9.17) is 17.9 Å². The molecule has 2 saturated heterocycles. The Labute approximate surface area is 149 Å². The van der Waals surface area contributed by atoms with Crippen LogP contribution in [0.3, 0.4) is 0 Å². The van der Waals surface area contributed by atoms with Crippen LogP contribution in [0.25, 0.3) is 0 Å². The summed E-state index contributed by atoms with van der Waals surface area (Å²) >= 11 is 0. The van der Waals surface area contributed by atoms with Crippen molar-refractivity contribution in [2.45, 2.75) is 37.9 Å². The molecular weight excluding hydrogens is 370 g/mol. The van der Waals surface area contributed by atoms with E-state index in [1.165, 1.54) is 6.92 Å². The third kappa shape index (κ3) is 3.65. The smallest absolute Gasteiger partial charge is 0.434 e. The normalized spacial score (nSPS) is 29.7. The second-order valence-electron chi connectivity index (χ2n) is 5.69. The Morgan fingerprint density at radius 2 is 1.81 bits per heavy atom. The molecule has 0 bridgehead atoms. The number of methoxy groups -OCH3 is 1. The number of esters is 1. The number of hydroxylamine groups is 2. The fraction of sp³-hybridized carbons (Fsp3) is 0.467. The first-order chi connectivity index (χ1) is 12.3. The molecule has 3 rings (SSSR count). The summed E-state index contributed by atoms with van der Waals surface area (Å²) in [6.45, 7) is 1.46. The van der Waals surface area contributed by atoms with Crippen LogP contribution in [0.2, 0.25) is 0 Å². The molecule has 2 aliphatic heterocycles. The number of carbonyl (C=O) groups is 2. The molecule has 1 aromatic carbocycles. The van der Waals surface area contributed by atoms with E-state index >= 15 is 0 Å². The Morgan fingerprint density at radius 3 is 2.46 bits per heavy atom.